The fourth-order valence-corrected chi connectivity index (χ4v) is 2.41. The van der Waals surface area contributed by atoms with Gasteiger partial charge in [-0.3, -0.25) is 0 Å². The van der Waals surface area contributed by atoms with E-state index in [1.54, 1.807) is 6.07 Å². The lowest BCUT2D eigenvalue weighted by molar-refractivity contribution is 0.0689. The maximum absolute atomic E-state index is 10.8. The van der Waals surface area contributed by atoms with Gasteiger partial charge in [0.2, 0.25) is 0 Å². The molecule has 1 heterocycles. The number of aryl methyl sites for hydroxylation is 1. The number of benzene rings is 1. The second-order valence-corrected chi connectivity index (χ2v) is 4.94. The molecule has 0 spiro atoms. The van der Waals surface area contributed by atoms with Gasteiger partial charge in [0.15, 0.2) is 0 Å². The van der Waals surface area contributed by atoms with Crippen LogP contribution in [0.5, 0.6) is 0 Å². The number of carboxylic acids is 1. The summed E-state index contributed by atoms with van der Waals surface area (Å²) < 4.78 is 0. The molecule has 0 aliphatic carbocycles. The number of nitrogens with zero attached hydrogens (tertiary/aromatic N) is 1. The van der Waals surface area contributed by atoms with Crippen molar-refractivity contribution < 1.29 is 9.90 Å². The fourth-order valence-electron chi connectivity index (χ4n) is 1.57. The predicted molar refractivity (Wildman–Crippen MR) is 71.9 cm³/mol. The first-order valence-electron chi connectivity index (χ1n) is 5.54. The van der Waals surface area contributed by atoms with Crippen LogP contribution in [0.3, 0.4) is 0 Å². The molecule has 18 heavy (non-hydrogen) atoms. The zero-order valence-corrected chi connectivity index (χ0v) is 10.8. The molecule has 0 atom stereocenters. The number of aromatic nitrogens is 1. The number of pyridine rings is 1. The van der Waals surface area contributed by atoms with Crippen molar-refractivity contribution >= 4 is 17.7 Å². The Bertz CT molecular complexity index is 569. The molecule has 3 nitrogen and oxygen atoms in total. The van der Waals surface area contributed by atoms with Gasteiger partial charge in [0.25, 0.3) is 0 Å². The first-order valence-corrected chi connectivity index (χ1v) is 6.52. The van der Waals surface area contributed by atoms with E-state index < -0.39 is 5.97 Å². The number of carbonyl (C=O) groups is 1. The summed E-state index contributed by atoms with van der Waals surface area (Å²) in [5.74, 6) is -0.203. The van der Waals surface area contributed by atoms with Gasteiger partial charge in [-0.05, 0) is 24.6 Å². The third-order valence-electron chi connectivity index (χ3n) is 2.41. The van der Waals surface area contributed by atoms with Crippen LogP contribution in [0.1, 0.15) is 21.6 Å². The van der Waals surface area contributed by atoms with Gasteiger partial charge in [-0.2, -0.15) is 0 Å². The third kappa shape index (κ3) is 3.34. The van der Waals surface area contributed by atoms with E-state index in [0.717, 1.165) is 10.8 Å². The highest BCUT2D eigenvalue weighted by Gasteiger charge is 2.05. The normalized spacial score (nSPS) is 10.3. The van der Waals surface area contributed by atoms with E-state index in [1.165, 1.54) is 29.0 Å². The highest BCUT2D eigenvalue weighted by Crippen LogP contribution is 2.21. The smallest absolute Gasteiger partial charge is 0.354 e. The van der Waals surface area contributed by atoms with Crippen LogP contribution in [0, 0.1) is 6.92 Å². The summed E-state index contributed by atoms with van der Waals surface area (Å²) in [6.07, 6.45) is 0. The molecule has 0 bridgehead atoms. The van der Waals surface area contributed by atoms with Crippen molar-refractivity contribution in [3.63, 3.8) is 0 Å². The molecule has 0 aliphatic heterocycles. The average molecular weight is 259 g/mol. The van der Waals surface area contributed by atoms with E-state index >= 15 is 0 Å². The summed E-state index contributed by atoms with van der Waals surface area (Å²) in [5, 5.41) is 9.59. The Kier molecular flexibility index (Phi) is 3.99. The van der Waals surface area contributed by atoms with Gasteiger partial charge >= 0.3 is 5.97 Å². The van der Waals surface area contributed by atoms with Gasteiger partial charge in [0.05, 0.1) is 5.03 Å². The Morgan fingerprint density at radius 3 is 2.78 bits per heavy atom. The van der Waals surface area contributed by atoms with Crippen molar-refractivity contribution in [2.45, 2.75) is 17.7 Å². The van der Waals surface area contributed by atoms with Crippen molar-refractivity contribution in [3.05, 3.63) is 59.3 Å². The Hall–Kier alpha value is -1.81. The number of aromatic carboxylic acids is 1. The number of hydrogen-bond acceptors (Lipinski definition) is 3. The van der Waals surface area contributed by atoms with E-state index in [9.17, 15) is 4.79 Å². The molecular formula is C14H13NO2S. The molecule has 0 fully saturated rings. The summed E-state index contributed by atoms with van der Waals surface area (Å²) in [6, 6.07) is 13.3. The summed E-state index contributed by atoms with van der Waals surface area (Å²) in [6.45, 7) is 2.05. The van der Waals surface area contributed by atoms with Crippen LogP contribution in [0.15, 0.2) is 47.5 Å². The maximum atomic E-state index is 10.8. The Labute approximate surface area is 110 Å². The number of thioether (sulfide) groups is 1. The molecule has 1 aromatic carbocycles. The molecule has 1 N–H and O–H groups in total. The van der Waals surface area contributed by atoms with Gasteiger partial charge in [-0.15, -0.1) is 11.8 Å². The minimum Gasteiger partial charge on any atom is -0.477 e. The van der Waals surface area contributed by atoms with E-state index in [-0.39, 0.29) is 5.69 Å². The zero-order valence-electron chi connectivity index (χ0n) is 9.96. The van der Waals surface area contributed by atoms with E-state index in [2.05, 4.69) is 30.1 Å². The van der Waals surface area contributed by atoms with Crippen LogP contribution in [0.4, 0.5) is 0 Å². The number of rotatable bonds is 4. The van der Waals surface area contributed by atoms with Crippen LogP contribution in [-0.4, -0.2) is 16.1 Å². The van der Waals surface area contributed by atoms with Crippen molar-refractivity contribution in [2.75, 3.05) is 0 Å². The lowest BCUT2D eigenvalue weighted by Gasteiger charge is -2.03. The molecule has 92 valence electrons. The first kappa shape index (κ1) is 12.6. The van der Waals surface area contributed by atoms with Crippen molar-refractivity contribution in [2.24, 2.45) is 0 Å². The van der Waals surface area contributed by atoms with E-state index in [0.29, 0.717) is 0 Å². The van der Waals surface area contributed by atoms with Crippen LogP contribution in [0.25, 0.3) is 0 Å². The molecule has 0 saturated heterocycles. The van der Waals surface area contributed by atoms with Gasteiger partial charge in [-0.25, -0.2) is 9.78 Å². The molecule has 1 aromatic heterocycles. The minimum atomic E-state index is -0.993. The molecule has 0 unspecified atom stereocenters. The highest BCUT2D eigenvalue weighted by atomic mass is 32.2. The van der Waals surface area contributed by atoms with Crippen molar-refractivity contribution in [1.82, 2.24) is 4.98 Å². The SMILES string of the molecule is Cc1cccc(CSc2cccc(C(=O)O)n2)c1. The van der Waals surface area contributed by atoms with Crippen molar-refractivity contribution in [3.8, 4) is 0 Å². The lowest BCUT2D eigenvalue weighted by atomic mass is 10.2. The summed E-state index contributed by atoms with van der Waals surface area (Å²) >= 11 is 1.54. The van der Waals surface area contributed by atoms with Gasteiger partial charge in [0.1, 0.15) is 5.69 Å². The fraction of sp³-hybridized carbons (Fsp3) is 0.143. The standard InChI is InChI=1S/C14H13NO2S/c1-10-4-2-5-11(8-10)9-18-13-7-3-6-12(15-13)14(16)17/h2-8H,9H2,1H3,(H,16,17). The first-order chi connectivity index (χ1) is 8.65. The van der Waals surface area contributed by atoms with Crippen molar-refractivity contribution in [1.29, 1.82) is 0 Å². The molecular weight excluding hydrogens is 246 g/mol. The molecule has 2 rings (SSSR count). The molecule has 0 amide bonds. The Morgan fingerprint density at radius 1 is 1.28 bits per heavy atom. The quantitative estimate of drug-likeness (QED) is 0.855. The summed E-state index contributed by atoms with van der Waals surface area (Å²) in [5.41, 5.74) is 2.52. The number of hydrogen-bond donors (Lipinski definition) is 1. The molecule has 4 heteroatoms. The minimum absolute atomic E-state index is 0.0873. The lowest BCUT2D eigenvalue weighted by Crippen LogP contribution is -2.00. The monoisotopic (exact) mass is 259 g/mol. The topological polar surface area (TPSA) is 50.2 Å². The molecule has 0 saturated carbocycles. The molecule has 0 aliphatic rings. The van der Waals surface area contributed by atoms with E-state index in [1.807, 2.05) is 12.1 Å². The second-order valence-electron chi connectivity index (χ2n) is 3.94. The van der Waals surface area contributed by atoms with Gasteiger partial charge in [-0.1, -0.05) is 35.9 Å². The molecule has 2 aromatic rings. The summed E-state index contributed by atoms with van der Waals surface area (Å²) in [7, 11) is 0. The van der Waals surface area contributed by atoms with Gasteiger partial charge in [0, 0.05) is 5.75 Å². The maximum Gasteiger partial charge on any atom is 0.354 e. The van der Waals surface area contributed by atoms with Gasteiger partial charge < -0.3 is 5.11 Å². The van der Waals surface area contributed by atoms with Crippen LogP contribution < -0.4 is 0 Å². The van der Waals surface area contributed by atoms with Crippen LogP contribution in [0.2, 0.25) is 0 Å². The second kappa shape index (κ2) is 5.69. The Morgan fingerprint density at radius 2 is 2.06 bits per heavy atom. The van der Waals surface area contributed by atoms with E-state index in [4.69, 9.17) is 5.11 Å². The summed E-state index contributed by atoms with van der Waals surface area (Å²) in [4.78, 5) is 14.9. The Balaban J connectivity index is 2.06. The predicted octanol–water partition coefficient (Wildman–Crippen LogP) is 3.38. The van der Waals surface area contributed by atoms with Crippen LogP contribution >= 0.6 is 11.8 Å². The third-order valence-corrected chi connectivity index (χ3v) is 3.41. The number of carboxylic acid groups (broad SMARTS) is 1. The largest absolute Gasteiger partial charge is 0.477 e. The highest BCUT2D eigenvalue weighted by molar-refractivity contribution is 7.98. The average Bonchev–Trinajstić information content (AvgIpc) is 2.37. The van der Waals surface area contributed by atoms with Crippen LogP contribution in [-0.2, 0) is 5.75 Å². The molecule has 0 radical (unpaired) electrons. The zero-order chi connectivity index (χ0) is 13.0.